The third-order valence-corrected chi connectivity index (χ3v) is 3.09. The highest BCUT2D eigenvalue weighted by molar-refractivity contribution is 9.09. The van der Waals surface area contributed by atoms with Crippen LogP contribution in [0.2, 0.25) is 0 Å². The lowest BCUT2D eigenvalue weighted by Gasteiger charge is -2.12. The maximum absolute atomic E-state index is 8.92. The third kappa shape index (κ3) is 2.72. The summed E-state index contributed by atoms with van der Waals surface area (Å²) in [5, 5.41) is 12.9. The minimum Gasteiger partial charge on any atom is -0.411 e. The SMILES string of the molecule is ON=C(c1ccccc1)C(CCl)CBr. The first-order chi connectivity index (χ1) is 6.83. The largest absolute Gasteiger partial charge is 0.411 e. The van der Waals surface area contributed by atoms with Gasteiger partial charge in [-0.05, 0) is 5.56 Å². The van der Waals surface area contributed by atoms with E-state index in [1.54, 1.807) is 0 Å². The van der Waals surface area contributed by atoms with Crippen LogP contribution in [-0.2, 0) is 0 Å². The zero-order valence-corrected chi connectivity index (χ0v) is 9.87. The number of oxime groups is 1. The van der Waals surface area contributed by atoms with Crippen molar-refractivity contribution in [3.05, 3.63) is 35.9 Å². The maximum Gasteiger partial charge on any atom is 0.0918 e. The molecule has 1 unspecified atom stereocenters. The molecule has 0 amide bonds. The lowest BCUT2D eigenvalue weighted by Crippen LogP contribution is -2.19. The predicted octanol–water partition coefficient (Wildman–Crippen LogP) is 3.11. The Balaban J connectivity index is 2.94. The number of halogens is 2. The number of hydrogen-bond donors (Lipinski definition) is 1. The van der Waals surface area contributed by atoms with Crippen molar-refractivity contribution in [3.8, 4) is 0 Å². The van der Waals surface area contributed by atoms with E-state index in [-0.39, 0.29) is 5.92 Å². The van der Waals surface area contributed by atoms with Gasteiger partial charge in [0.05, 0.1) is 5.71 Å². The molecule has 0 aromatic heterocycles. The fourth-order valence-corrected chi connectivity index (χ4v) is 2.23. The summed E-state index contributed by atoms with van der Waals surface area (Å²) in [6.45, 7) is 0. The molecular weight excluding hydrogens is 265 g/mol. The van der Waals surface area contributed by atoms with Crippen LogP contribution >= 0.6 is 27.5 Å². The Hall–Kier alpha value is -0.540. The van der Waals surface area contributed by atoms with E-state index in [9.17, 15) is 0 Å². The van der Waals surface area contributed by atoms with Gasteiger partial charge in [-0.25, -0.2) is 0 Å². The smallest absolute Gasteiger partial charge is 0.0918 e. The monoisotopic (exact) mass is 275 g/mol. The van der Waals surface area contributed by atoms with Gasteiger partial charge in [0.1, 0.15) is 0 Å². The van der Waals surface area contributed by atoms with Gasteiger partial charge in [-0.2, -0.15) is 0 Å². The molecule has 76 valence electrons. The van der Waals surface area contributed by atoms with Gasteiger partial charge in [0.2, 0.25) is 0 Å². The number of hydrogen-bond acceptors (Lipinski definition) is 2. The quantitative estimate of drug-likeness (QED) is 0.390. The predicted molar refractivity (Wildman–Crippen MR) is 62.8 cm³/mol. The van der Waals surface area contributed by atoms with Crippen molar-refractivity contribution in [1.29, 1.82) is 0 Å². The molecular formula is C10H11BrClNO. The average molecular weight is 277 g/mol. The van der Waals surface area contributed by atoms with Gasteiger partial charge in [-0.3, -0.25) is 0 Å². The first kappa shape index (κ1) is 11.5. The zero-order chi connectivity index (χ0) is 10.4. The van der Waals surface area contributed by atoms with Crippen LogP contribution in [-0.4, -0.2) is 22.1 Å². The van der Waals surface area contributed by atoms with Crippen molar-refractivity contribution < 1.29 is 5.21 Å². The Kier molecular flexibility index (Phi) is 4.98. The molecule has 0 radical (unpaired) electrons. The topological polar surface area (TPSA) is 32.6 Å². The first-order valence-electron chi connectivity index (χ1n) is 4.22. The van der Waals surface area contributed by atoms with Crippen LogP contribution in [0.3, 0.4) is 0 Å². The Morgan fingerprint density at radius 2 is 2.07 bits per heavy atom. The van der Waals surface area contributed by atoms with Gasteiger partial charge in [0, 0.05) is 17.1 Å². The van der Waals surface area contributed by atoms with E-state index in [2.05, 4.69) is 21.1 Å². The average Bonchev–Trinajstić information content (AvgIpc) is 2.27. The van der Waals surface area contributed by atoms with E-state index in [1.807, 2.05) is 30.3 Å². The van der Waals surface area contributed by atoms with Gasteiger partial charge < -0.3 is 5.21 Å². The normalized spacial score (nSPS) is 14.0. The molecule has 4 heteroatoms. The van der Waals surface area contributed by atoms with Gasteiger partial charge >= 0.3 is 0 Å². The molecule has 0 spiro atoms. The Bertz CT molecular complexity index is 298. The molecule has 0 bridgehead atoms. The van der Waals surface area contributed by atoms with Crippen molar-refractivity contribution in [1.82, 2.24) is 0 Å². The number of nitrogens with zero attached hydrogens (tertiary/aromatic N) is 1. The molecule has 1 rings (SSSR count). The molecule has 2 nitrogen and oxygen atoms in total. The molecule has 0 saturated carbocycles. The number of alkyl halides is 2. The fraction of sp³-hybridized carbons (Fsp3) is 0.300. The first-order valence-corrected chi connectivity index (χ1v) is 5.88. The summed E-state index contributed by atoms with van der Waals surface area (Å²) in [6, 6.07) is 9.52. The Morgan fingerprint density at radius 1 is 1.43 bits per heavy atom. The minimum absolute atomic E-state index is 0.0315. The van der Waals surface area contributed by atoms with Crippen LogP contribution < -0.4 is 0 Å². The summed E-state index contributed by atoms with van der Waals surface area (Å²) in [5.74, 6) is 0.462. The summed E-state index contributed by atoms with van der Waals surface area (Å²) in [6.07, 6.45) is 0. The van der Waals surface area contributed by atoms with Crippen molar-refractivity contribution in [3.63, 3.8) is 0 Å². The second kappa shape index (κ2) is 6.04. The Labute approximate surface area is 96.7 Å². The van der Waals surface area contributed by atoms with E-state index in [0.29, 0.717) is 16.9 Å². The highest BCUT2D eigenvalue weighted by Gasteiger charge is 2.15. The summed E-state index contributed by atoms with van der Waals surface area (Å²) >= 11 is 9.11. The highest BCUT2D eigenvalue weighted by atomic mass is 79.9. The van der Waals surface area contributed by atoms with Gasteiger partial charge in [0.15, 0.2) is 0 Å². The van der Waals surface area contributed by atoms with Gasteiger partial charge in [0.25, 0.3) is 0 Å². The Morgan fingerprint density at radius 3 is 2.50 bits per heavy atom. The van der Waals surface area contributed by atoms with Crippen molar-refractivity contribution in [2.24, 2.45) is 11.1 Å². The van der Waals surface area contributed by atoms with Crippen molar-refractivity contribution >= 4 is 33.2 Å². The van der Waals surface area contributed by atoms with E-state index < -0.39 is 0 Å². The summed E-state index contributed by atoms with van der Waals surface area (Å²) in [5.41, 5.74) is 1.53. The van der Waals surface area contributed by atoms with Gasteiger partial charge in [-0.1, -0.05) is 51.4 Å². The van der Waals surface area contributed by atoms with E-state index in [0.717, 1.165) is 5.56 Å². The van der Waals surface area contributed by atoms with Crippen LogP contribution in [0, 0.1) is 5.92 Å². The van der Waals surface area contributed by atoms with E-state index in [1.165, 1.54) is 0 Å². The molecule has 0 fully saturated rings. The number of rotatable bonds is 4. The van der Waals surface area contributed by atoms with Crippen molar-refractivity contribution in [2.75, 3.05) is 11.2 Å². The van der Waals surface area contributed by atoms with Crippen molar-refractivity contribution in [2.45, 2.75) is 0 Å². The van der Waals surface area contributed by atoms with Crippen LogP contribution in [0.4, 0.5) is 0 Å². The number of benzene rings is 1. The summed E-state index contributed by atoms with van der Waals surface area (Å²) in [4.78, 5) is 0. The molecule has 0 saturated heterocycles. The molecule has 0 aliphatic carbocycles. The lowest BCUT2D eigenvalue weighted by atomic mass is 10.0. The van der Waals surface area contributed by atoms with Gasteiger partial charge in [-0.15, -0.1) is 11.6 Å². The maximum atomic E-state index is 8.92. The lowest BCUT2D eigenvalue weighted by molar-refractivity contribution is 0.316. The van der Waals surface area contributed by atoms with Crippen LogP contribution in [0.5, 0.6) is 0 Å². The third-order valence-electron chi connectivity index (χ3n) is 1.94. The van der Waals surface area contributed by atoms with E-state index in [4.69, 9.17) is 16.8 Å². The second-order valence-electron chi connectivity index (χ2n) is 2.86. The molecule has 1 N–H and O–H groups in total. The minimum atomic E-state index is 0.0315. The molecule has 0 aliphatic rings. The van der Waals surface area contributed by atoms with Crippen LogP contribution in [0.25, 0.3) is 0 Å². The van der Waals surface area contributed by atoms with Crippen LogP contribution in [0.1, 0.15) is 5.56 Å². The summed E-state index contributed by atoms with van der Waals surface area (Å²) in [7, 11) is 0. The van der Waals surface area contributed by atoms with E-state index >= 15 is 0 Å². The molecule has 0 heterocycles. The standard InChI is InChI=1S/C10H11BrClNO/c11-6-9(7-12)10(13-14)8-4-2-1-3-5-8/h1-5,9,14H,6-7H2. The second-order valence-corrected chi connectivity index (χ2v) is 3.81. The summed E-state index contributed by atoms with van der Waals surface area (Å²) < 4.78 is 0. The zero-order valence-electron chi connectivity index (χ0n) is 7.53. The molecule has 1 aromatic rings. The molecule has 14 heavy (non-hydrogen) atoms. The fourth-order valence-electron chi connectivity index (χ4n) is 1.17. The molecule has 1 aromatic carbocycles. The molecule has 1 atom stereocenters. The van der Waals surface area contributed by atoms with Crippen LogP contribution in [0.15, 0.2) is 35.5 Å². The highest BCUT2D eigenvalue weighted by Crippen LogP contribution is 2.14. The molecule has 0 aliphatic heterocycles.